The van der Waals surface area contributed by atoms with Crippen LogP contribution in [0.15, 0.2) is 24.3 Å². The Hall–Kier alpha value is -0.620. The van der Waals surface area contributed by atoms with Crippen LogP contribution in [0.5, 0.6) is 0 Å². The summed E-state index contributed by atoms with van der Waals surface area (Å²) in [5.74, 6) is 0.163. The van der Waals surface area contributed by atoms with Crippen molar-refractivity contribution in [2.75, 3.05) is 18.4 Å². The molecule has 3 nitrogen and oxygen atoms in total. The van der Waals surface area contributed by atoms with Crippen molar-refractivity contribution in [3.05, 3.63) is 27.8 Å². The van der Waals surface area contributed by atoms with E-state index in [4.69, 9.17) is 0 Å². The van der Waals surface area contributed by atoms with E-state index in [0.717, 1.165) is 41.6 Å². The van der Waals surface area contributed by atoms with Crippen LogP contribution >= 0.6 is 22.6 Å². The number of halogens is 1. The first kappa shape index (κ1) is 13.8. The fourth-order valence-electron chi connectivity index (χ4n) is 2.57. The van der Waals surface area contributed by atoms with Gasteiger partial charge in [0.1, 0.15) is 0 Å². The highest BCUT2D eigenvalue weighted by Crippen LogP contribution is 2.32. The average Bonchev–Trinajstić information content (AvgIpc) is 2.79. The van der Waals surface area contributed by atoms with Crippen LogP contribution in [0.1, 0.15) is 26.2 Å². The largest absolute Gasteiger partial charge is 0.326 e. The normalized spacial score (nSPS) is 23.0. The average molecular weight is 358 g/mol. The minimum absolute atomic E-state index is 0.163. The van der Waals surface area contributed by atoms with Crippen LogP contribution in [0.25, 0.3) is 0 Å². The van der Waals surface area contributed by atoms with Crippen LogP contribution in [-0.4, -0.2) is 19.0 Å². The van der Waals surface area contributed by atoms with Crippen molar-refractivity contribution in [3.8, 4) is 0 Å². The number of rotatable bonds is 4. The fourth-order valence-corrected chi connectivity index (χ4v) is 3.12. The zero-order chi connectivity index (χ0) is 13.0. The molecule has 0 spiro atoms. The zero-order valence-electron chi connectivity index (χ0n) is 10.6. The summed E-state index contributed by atoms with van der Waals surface area (Å²) in [5.41, 5.74) is 0.685. The molecule has 0 radical (unpaired) electrons. The first-order chi connectivity index (χ1) is 8.66. The number of carbonyl (C=O) groups is 1. The van der Waals surface area contributed by atoms with Gasteiger partial charge in [-0.2, -0.15) is 0 Å². The summed E-state index contributed by atoms with van der Waals surface area (Å²) in [6, 6.07) is 7.94. The van der Waals surface area contributed by atoms with Crippen molar-refractivity contribution in [2.45, 2.75) is 26.2 Å². The lowest BCUT2D eigenvalue weighted by Crippen LogP contribution is -2.38. The number of carbonyl (C=O) groups excluding carboxylic acids is 1. The predicted molar refractivity (Wildman–Crippen MR) is 82.6 cm³/mol. The summed E-state index contributed by atoms with van der Waals surface area (Å²) in [5, 5.41) is 6.38. The molecule has 18 heavy (non-hydrogen) atoms. The minimum Gasteiger partial charge on any atom is -0.326 e. The molecule has 0 saturated carbocycles. The van der Waals surface area contributed by atoms with Crippen LogP contribution in [0.4, 0.5) is 5.69 Å². The van der Waals surface area contributed by atoms with Crippen molar-refractivity contribution < 1.29 is 4.79 Å². The molecule has 0 aliphatic carbocycles. The van der Waals surface area contributed by atoms with Gasteiger partial charge in [0.2, 0.25) is 5.91 Å². The Morgan fingerprint density at radius 2 is 2.39 bits per heavy atom. The fraction of sp³-hybridized carbons (Fsp3) is 0.500. The molecule has 1 saturated heterocycles. The van der Waals surface area contributed by atoms with E-state index in [1.54, 1.807) is 0 Å². The summed E-state index contributed by atoms with van der Waals surface area (Å²) in [6.45, 7) is 3.88. The lowest BCUT2D eigenvalue weighted by atomic mass is 9.81. The molecular formula is C14H19IN2O. The van der Waals surface area contributed by atoms with Crippen LogP contribution in [0.2, 0.25) is 0 Å². The van der Waals surface area contributed by atoms with E-state index in [2.05, 4.69) is 40.1 Å². The van der Waals surface area contributed by atoms with Crippen molar-refractivity contribution in [1.29, 1.82) is 0 Å². The molecule has 2 rings (SSSR count). The van der Waals surface area contributed by atoms with Gasteiger partial charge in [0.15, 0.2) is 0 Å². The lowest BCUT2D eigenvalue weighted by Gasteiger charge is -2.26. The Kier molecular flexibility index (Phi) is 4.61. The number of hydrogen-bond donors (Lipinski definition) is 2. The third kappa shape index (κ3) is 3.03. The van der Waals surface area contributed by atoms with E-state index >= 15 is 0 Å². The molecule has 1 fully saturated rings. The second kappa shape index (κ2) is 6.02. The molecule has 1 amide bonds. The molecule has 1 aliphatic rings. The monoisotopic (exact) mass is 358 g/mol. The predicted octanol–water partition coefficient (Wildman–Crippen LogP) is 3.01. The van der Waals surface area contributed by atoms with Gasteiger partial charge in [-0.3, -0.25) is 4.79 Å². The summed E-state index contributed by atoms with van der Waals surface area (Å²) < 4.78 is 1.14. The highest BCUT2D eigenvalue weighted by molar-refractivity contribution is 14.1. The van der Waals surface area contributed by atoms with Gasteiger partial charge in [-0.05, 0) is 60.2 Å². The Labute approximate surface area is 122 Å². The maximum Gasteiger partial charge on any atom is 0.231 e. The van der Waals surface area contributed by atoms with Gasteiger partial charge in [-0.1, -0.05) is 19.4 Å². The summed E-state index contributed by atoms with van der Waals surface area (Å²) in [7, 11) is 0. The van der Waals surface area contributed by atoms with E-state index < -0.39 is 0 Å². The number of benzene rings is 1. The maximum absolute atomic E-state index is 12.5. The Morgan fingerprint density at radius 3 is 3.00 bits per heavy atom. The molecular weight excluding hydrogens is 339 g/mol. The molecule has 2 N–H and O–H groups in total. The van der Waals surface area contributed by atoms with E-state index in [9.17, 15) is 4.79 Å². The SMILES string of the molecule is CCCC1(C(=O)Nc2cccc(I)c2)CCNC1. The first-order valence-electron chi connectivity index (χ1n) is 6.44. The van der Waals surface area contributed by atoms with Crippen molar-refractivity contribution in [1.82, 2.24) is 5.32 Å². The Balaban J connectivity index is 2.10. The number of hydrogen-bond acceptors (Lipinski definition) is 2. The lowest BCUT2D eigenvalue weighted by molar-refractivity contribution is -0.125. The molecule has 1 aromatic carbocycles. The third-order valence-corrected chi connectivity index (χ3v) is 4.21. The molecule has 98 valence electrons. The van der Waals surface area contributed by atoms with Gasteiger partial charge in [-0.25, -0.2) is 0 Å². The number of nitrogens with one attached hydrogen (secondary N) is 2. The molecule has 1 atom stereocenters. The van der Waals surface area contributed by atoms with Crippen LogP contribution in [0.3, 0.4) is 0 Å². The van der Waals surface area contributed by atoms with Crippen molar-refractivity contribution in [3.63, 3.8) is 0 Å². The molecule has 0 aromatic heterocycles. The van der Waals surface area contributed by atoms with Gasteiger partial charge in [0.25, 0.3) is 0 Å². The summed E-state index contributed by atoms with van der Waals surface area (Å²) >= 11 is 2.26. The van der Waals surface area contributed by atoms with Crippen molar-refractivity contribution in [2.24, 2.45) is 5.41 Å². The van der Waals surface area contributed by atoms with Gasteiger partial charge < -0.3 is 10.6 Å². The Morgan fingerprint density at radius 1 is 1.56 bits per heavy atom. The van der Waals surface area contributed by atoms with Gasteiger partial charge in [0.05, 0.1) is 5.41 Å². The second-order valence-electron chi connectivity index (χ2n) is 4.92. The summed E-state index contributed by atoms with van der Waals surface area (Å²) in [6.07, 6.45) is 2.94. The molecule has 1 aromatic rings. The third-order valence-electron chi connectivity index (χ3n) is 3.54. The number of amides is 1. The van der Waals surface area contributed by atoms with E-state index in [1.165, 1.54) is 0 Å². The van der Waals surface area contributed by atoms with E-state index in [1.807, 2.05) is 24.3 Å². The highest BCUT2D eigenvalue weighted by Gasteiger charge is 2.40. The minimum atomic E-state index is -0.212. The van der Waals surface area contributed by atoms with Crippen molar-refractivity contribution >= 4 is 34.2 Å². The Bertz CT molecular complexity index is 428. The zero-order valence-corrected chi connectivity index (χ0v) is 12.8. The smallest absolute Gasteiger partial charge is 0.231 e. The molecule has 0 bridgehead atoms. The first-order valence-corrected chi connectivity index (χ1v) is 7.52. The van der Waals surface area contributed by atoms with E-state index in [-0.39, 0.29) is 11.3 Å². The van der Waals surface area contributed by atoms with Crippen LogP contribution < -0.4 is 10.6 Å². The standard InChI is InChI=1S/C14H19IN2O/c1-2-6-14(7-8-16-10-14)13(18)17-12-5-3-4-11(15)9-12/h3-5,9,16H,2,6-8,10H2,1H3,(H,17,18). The molecule has 1 aliphatic heterocycles. The van der Waals surface area contributed by atoms with E-state index in [0.29, 0.717) is 0 Å². The maximum atomic E-state index is 12.5. The quantitative estimate of drug-likeness (QED) is 0.813. The molecule has 4 heteroatoms. The molecule has 1 unspecified atom stereocenters. The van der Waals surface area contributed by atoms with Crippen LogP contribution in [0, 0.1) is 8.99 Å². The van der Waals surface area contributed by atoms with Gasteiger partial charge in [0, 0.05) is 15.8 Å². The van der Waals surface area contributed by atoms with Gasteiger partial charge in [-0.15, -0.1) is 0 Å². The summed E-state index contributed by atoms with van der Waals surface area (Å²) in [4.78, 5) is 12.5. The highest BCUT2D eigenvalue weighted by atomic mass is 127. The number of anilines is 1. The topological polar surface area (TPSA) is 41.1 Å². The van der Waals surface area contributed by atoms with Crippen LogP contribution in [-0.2, 0) is 4.79 Å². The second-order valence-corrected chi connectivity index (χ2v) is 6.17. The van der Waals surface area contributed by atoms with Gasteiger partial charge >= 0.3 is 0 Å². The molecule has 1 heterocycles.